The number of methoxy groups -OCH3 is 1. The molecule has 15 heavy (non-hydrogen) atoms. The van der Waals surface area contributed by atoms with Crippen LogP contribution in [0.25, 0.3) is 0 Å². The summed E-state index contributed by atoms with van der Waals surface area (Å²) in [5.41, 5.74) is 6.65. The van der Waals surface area contributed by atoms with E-state index < -0.39 is 6.04 Å². The van der Waals surface area contributed by atoms with Crippen LogP contribution < -0.4 is 5.73 Å². The number of halogens is 3. The van der Waals surface area contributed by atoms with Crippen molar-refractivity contribution in [2.45, 2.75) is 12.5 Å². The number of nitrogens with two attached hydrogens (primary N) is 1. The summed E-state index contributed by atoms with van der Waals surface area (Å²) in [5, 5.41) is 0. The van der Waals surface area contributed by atoms with Crippen molar-refractivity contribution in [3.05, 3.63) is 19.2 Å². The molecular formula is C8H10Br2ClNO2S. The Hall–Kier alpha value is 0.380. The first kappa shape index (κ1) is 15.4. The second-order valence-electron chi connectivity index (χ2n) is 2.68. The van der Waals surface area contributed by atoms with Crippen molar-refractivity contribution in [2.24, 2.45) is 5.73 Å². The molecule has 2 N–H and O–H groups in total. The smallest absolute Gasteiger partial charge is 0.322 e. The maximum absolute atomic E-state index is 11.1. The normalized spacial score (nSPS) is 11.7. The van der Waals surface area contributed by atoms with Gasteiger partial charge in [-0.25, -0.2) is 0 Å². The SMILES string of the molecule is COC(=O)C(N)Cc1cc(Br)sc1Br.Cl. The van der Waals surface area contributed by atoms with Crippen molar-refractivity contribution in [1.29, 1.82) is 0 Å². The summed E-state index contributed by atoms with van der Waals surface area (Å²) in [6.45, 7) is 0. The highest BCUT2D eigenvalue weighted by Crippen LogP contribution is 2.32. The standard InChI is InChI=1S/C8H9Br2NO2S.ClH/c1-13-8(12)5(11)2-4-3-6(9)14-7(4)10;/h3,5H,2,11H2,1H3;1H. The molecule has 3 nitrogen and oxygen atoms in total. The second-order valence-corrected chi connectivity index (χ2v) is 6.43. The zero-order valence-corrected chi connectivity index (χ0v) is 12.6. The summed E-state index contributed by atoms with van der Waals surface area (Å²) in [7, 11) is 1.33. The van der Waals surface area contributed by atoms with Crippen LogP contribution in [0, 0.1) is 0 Å². The highest BCUT2D eigenvalue weighted by atomic mass is 79.9. The van der Waals surface area contributed by atoms with E-state index in [1.165, 1.54) is 7.11 Å². The van der Waals surface area contributed by atoms with E-state index in [4.69, 9.17) is 5.73 Å². The Balaban J connectivity index is 0.00000196. The number of hydrogen-bond acceptors (Lipinski definition) is 4. The lowest BCUT2D eigenvalue weighted by molar-refractivity contribution is -0.142. The average Bonchev–Trinajstić information content (AvgIpc) is 2.44. The van der Waals surface area contributed by atoms with E-state index in [-0.39, 0.29) is 18.4 Å². The number of hydrogen-bond donors (Lipinski definition) is 1. The molecule has 0 spiro atoms. The Morgan fingerprint density at radius 2 is 2.27 bits per heavy atom. The molecule has 1 atom stereocenters. The van der Waals surface area contributed by atoms with Gasteiger partial charge < -0.3 is 10.5 Å². The molecule has 0 saturated carbocycles. The van der Waals surface area contributed by atoms with E-state index in [0.29, 0.717) is 6.42 Å². The molecule has 0 aliphatic rings. The monoisotopic (exact) mass is 377 g/mol. The third kappa shape index (κ3) is 4.40. The molecule has 0 aromatic carbocycles. The number of ether oxygens (including phenoxy) is 1. The van der Waals surface area contributed by atoms with Crippen LogP contribution in [0.2, 0.25) is 0 Å². The first-order valence-electron chi connectivity index (χ1n) is 3.81. The quantitative estimate of drug-likeness (QED) is 0.822. The predicted octanol–water partition coefficient (Wildman–Crippen LogP) is 2.74. The van der Waals surface area contributed by atoms with Gasteiger partial charge >= 0.3 is 5.97 Å². The molecule has 0 amide bonds. The van der Waals surface area contributed by atoms with Crippen LogP contribution in [0.1, 0.15) is 5.56 Å². The molecule has 86 valence electrons. The predicted molar refractivity (Wildman–Crippen MR) is 70.7 cm³/mol. The van der Waals surface area contributed by atoms with Crippen molar-refractivity contribution >= 4 is 61.6 Å². The Morgan fingerprint density at radius 1 is 1.67 bits per heavy atom. The van der Waals surface area contributed by atoms with Gasteiger partial charge in [0.2, 0.25) is 0 Å². The van der Waals surface area contributed by atoms with Gasteiger partial charge in [-0.2, -0.15) is 0 Å². The molecule has 0 aliphatic heterocycles. The van der Waals surface area contributed by atoms with E-state index in [1.807, 2.05) is 6.07 Å². The zero-order valence-electron chi connectivity index (χ0n) is 7.83. The molecule has 1 heterocycles. The molecule has 0 radical (unpaired) electrons. The van der Waals surface area contributed by atoms with Gasteiger partial charge in [0.15, 0.2) is 0 Å². The van der Waals surface area contributed by atoms with Gasteiger partial charge in [-0.15, -0.1) is 23.7 Å². The Kier molecular flexibility index (Phi) is 7.03. The largest absolute Gasteiger partial charge is 0.468 e. The summed E-state index contributed by atoms with van der Waals surface area (Å²) in [6, 6.07) is 1.34. The van der Waals surface area contributed by atoms with Gasteiger partial charge in [0.05, 0.1) is 14.7 Å². The fraction of sp³-hybridized carbons (Fsp3) is 0.375. The number of carbonyl (C=O) groups excluding carboxylic acids is 1. The van der Waals surface area contributed by atoms with Crippen LogP contribution in [0.4, 0.5) is 0 Å². The number of thiophene rings is 1. The summed E-state index contributed by atoms with van der Waals surface area (Å²) >= 11 is 8.31. The van der Waals surface area contributed by atoms with Crippen LogP contribution in [0.3, 0.4) is 0 Å². The summed E-state index contributed by atoms with van der Waals surface area (Å²) in [6.07, 6.45) is 0.482. The Bertz CT molecular complexity index is 345. The first-order chi connectivity index (χ1) is 6.54. The van der Waals surface area contributed by atoms with Crippen molar-refractivity contribution in [3.63, 3.8) is 0 Å². The first-order valence-corrected chi connectivity index (χ1v) is 6.22. The fourth-order valence-corrected chi connectivity index (χ4v) is 3.84. The lowest BCUT2D eigenvalue weighted by Gasteiger charge is -2.07. The molecule has 0 fully saturated rings. The molecule has 1 rings (SSSR count). The second kappa shape index (κ2) is 6.85. The van der Waals surface area contributed by atoms with E-state index in [0.717, 1.165) is 13.1 Å². The lowest BCUT2D eigenvalue weighted by Crippen LogP contribution is -2.33. The van der Waals surface area contributed by atoms with Crippen molar-refractivity contribution in [1.82, 2.24) is 0 Å². The van der Waals surface area contributed by atoms with Gasteiger partial charge in [0.25, 0.3) is 0 Å². The van der Waals surface area contributed by atoms with E-state index in [9.17, 15) is 4.79 Å². The number of esters is 1. The van der Waals surface area contributed by atoms with Gasteiger partial charge in [0, 0.05) is 6.42 Å². The molecule has 0 aliphatic carbocycles. The van der Waals surface area contributed by atoms with Gasteiger partial charge in [-0.1, -0.05) is 0 Å². The van der Waals surface area contributed by atoms with Crippen LogP contribution >= 0.6 is 55.6 Å². The zero-order chi connectivity index (χ0) is 10.7. The van der Waals surface area contributed by atoms with Crippen LogP contribution in [-0.2, 0) is 16.0 Å². The summed E-state index contributed by atoms with van der Waals surface area (Å²) in [5.74, 6) is -0.390. The van der Waals surface area contributed by atoms with E-state index in [1.54, 1.807) is 11.3 Å². The third-order valence-corrected chi connectivity index (χ3v) is 4.13. The minimum atomic E-state index is -0.599. The number of carbonyl (C=O) groups is 1. The molecule has 1 unspecified atom stereocenters. The highest BCUT2D eigenvalue weighted by molar-refractivity contribution is 9.12. The lowest BCUT2D eigenvalue weighted by atomic mass is 10.1. The number of rotatable bonds is 3. The fourth-order valence-electron chi connectivity index (χ4n) is 0.985. The molecule has 0 bridgehead atoms. The van der Waals surface area contributed by atoms with E-state index in [2.05, 4.69) is 36.6 Å². The maximum Gasteiger partial charge on any atom is 0.322 e. The van der Waals surface area contributed by atoms with Crippen molar-refractivity contribution in [3.8, 4) is 0 Å². The Labute approximate surface area is 115 Å². The summed E-state index contributed by atoms with van der Waals surface area (Å²) in [4.78, 5) is 11.1. The molecular weight excluding hydrogens is 369 g/mol. The molecule has 7 heteroatoms. The van der Waals surface area contributed by atoms with Gasteiger partial charge in [-0.05, 0) is 43.5 Å². The van der Waals surface area contributed by atoms with E-state index >= 15 is 0 Å². The highest BCUT2D eigenvalue weighted by Gasteiger charge is 2.17. The van der Waals surface area contributed by atoms with Crippen molar-refractivity contribution in [2.75, 3.05) is 7.11 Å². The van der Waals surface area contributed by atoms with Crippen LogP contribution in [0.5, 0.6) is 0 Å². The topological polar surface area (TPSA) is 52.3 Å². The minimum absolute atomic E-state index is 0. The Morgan fingerprint density at radius 3 is 2.67 bits per heavy atom. The van der Waals surface area contributed by atoms with Crippen molar-refractivity contribution < 1.29 is 9.53 Å². The van der Waals surface area contributed by atoms with Gasteiger partial charge in [-0.3, -0.25) is 4.79 Å². The summed E-state index contributed by atoms with van der Waals surface area (Å²) < 4.78 is 6.54. The third-order valence-electron chi connectivity index (χ3n) is 1.67. The van der Waals surface area contributed by atoms with Crippen LogP contribution in [-0.4, -0.2) is 19.1 Å². The molecule has 0 saturated heterocycles. The molecule has 1 aromatic heterocycles. The molecule has 1 aromatic rings. The average molecular weight is 380 g/mol. The van der Waals surface area contributed by atoms with Crippen LogP contribution in [0.15, 0.2) is 13.6 Å². The minimum Gasteiger partial charge on any atom is -0.468 e. The van der Waals surface area contributed by atoms with Gasteiger partial charge in [0.1, 0.15) is 6.04 Å². The maximum atomic E-state index is 11.1.